The first kappa shape index (κ1) is 16.0. The second-order valence-electron chi connectivity index (χ2n) is 5.74. The molecule has 22 heavy (non-hydrogen) atoms. The minimum atomic E-state index is -1.05. The van der Waals surface area contributed by atoms with Gasteiger partial charge >= 0.3 is 0 Å². The van der Waals surface area contributed by atoms with Gasteiger partial charge in [-0.2, -0.15) is 5.26 Å². The van der Waals surface area contributed by atoms with Crippen molar-refractivity contribution >= 4 is 11.7 Å². The lowest BCUT2D eigenvalue weighted by atomic mass is 9.86. The Morgan fingerprint density at radius 3 is 2.73 bits per heavy atom. The maximum Gasteiger partial charge on any atom is 0.287 e. The molecule has 1 aromatic carbocycles. The first-order valence-corrected chi connectivity index (χ1v) is 7.05. The van der Waals surface area contributed by atoms with Gasteiger partial charge < -0.3 is 15.2 Å². The Morgan fingerprint density at radius 1 is 1.45 bits per heavy atom. The summed E-state index contributed by atoms with van der Waals surface area (Å²) in [7, 11) is 0. The van der Waals surface area contributed by atoms with E-state index >= 15 is 0 Å². The highest BCUT2D eigenvalue weighted by Gasteiger charge is 2.44. The Hall–Kier alpha value is -2.39. The van der Waals surface area contributed by atoms with E-state index in [2.05, 4.69) is 5.32 Å². The second kappa shape index (κ2) is 5.78. The number of aliphatic hydroxyl groups excluding tert-OH is 1. The van der Waals surface area contributed by atoms with Crippen molar-refractivity contribution in [2.24, 2.45) is 0 Å². The summed E-state index contributed by atoms with van der Waals surface area (Å²) in [5.41, 5.74) is -0.0626. The van der Waals surface area contributed by atoms with Crippen LogP contribution < -0.4 is 10.1 Å². The van der Waals surface area contributed by atoms with E-state index in [1.165, 1.54) is 0 Å². The molecule has 0 spiro atoms. The second-order valence-corrected chi connectivity index (χ2v) is 5.74. The van der Waals surface area contributed by atoms with Crippen LogP contribution in [-0.4, -0.2) is 28.5 Å². The van der Waals surface area contributed by atoms with Gasteiger partial charge in [0.2, 0.25) is 5.78 Å². The van der Waals surface area contributed by atoms with Gasteiger partial charge in [-0.15, -0.1) is 0 Å². The molecule has 0 aliphatic carbocycles. The molecular formula is C16H18N2O4. The lowest BCUT2D eigenvalue weighted by Gasteiger charge is -2.42. The number of hydrogen-bond donors (Lipinski definition) is 2. The Bertz CT molecular complexity index is 661. The van der Waals surface area contributed by atoms with Gasteiger partial charge in [0.15, 0.2) is 0 Å². The summed E-state index contributed by atoms with van der Waals surface area (Å²) < 4.78 is 5.73. The molecule has 0 bridgehead atoms. The van der Waals surface area contributed by atoms with Gasteiger partial charge in [-0.05, 0) is 32.0 Å². The molecule has 0 saturated heterocycles. The molecule has 2 atom stereocenters. The Balaban J connectivity index is 2.44. The van der Waals surface area contributed by atoms with Crippen molar-refractivity contribution in [2.45, 2.75) is 44.9 Å². The number of fused-ring (bicyclic) bond motifs is 1. The van der Waals surface area contributed by atoms with Gasteiger partial charge in [0.05, 0.1) is 17.7 Å². The van der Waals surface area contributed by atoms with E-state index in [-0.39, 0.29) is 6.42 Å². The number of hydrogen-bond acceptors (Lipinski definition) is 5. The molecule has 1 aromatic rings. The third-order valence-corrected chi connectivity index (χ3v) is 3.74. The zero-order valence-corrected chi connectivity index (χ0v) is 12.7. The predicted octanol–water partition coefficient (Wildman–Crippen LogP) is 1.23. The quantitative estimate of drug-likeness (QED) is 0.818. The predicted molar refractivity (Wildman–Crippen MR) is 78.1 cm³/mol. The van der Waals surface area contributed by atoms with Crippen molar-refractivity contribution in [3.63, 3.8) is 0 Å². The van der Waals surface area contributed by atoms with Crippen LogP contribution in [0.5, 0.6) is 5.75 Å². The zero-order chi connectivity index (χ0) is 16.5. The molecule has 0 fully saturated rings. The first-order chi connectivity index (χ1) is 10.3. The van der Waals surface area contributed by atoms with Crippen LogP contribution in [0.3, 0.4) is 0 Å². The van der Waals surface area contributed by atoms with Crippen LogP contribution in [0.25, 0.3) is 0 Å². The number of nitrogens with zero attached hydrogens (tertiary/aromatic N) is 1. The van der Waals surface area contributed by atoms with E-state index in [0.717, 1.165) is 0 Å². The summed E-state index contributed by atoms with van der Waals surface area (Å²) in [6.07, 6.45) is -0.970. The number of aliphatic hydroxyl groups is 1. The summed E-state index contributed by atoms with van der Waals surface area (Å²) >= 11 is 0. The molecular weight excluding hydrogens is 284 g/mol. The van der Waals surface area contributed by atoms with E-state index < -0.39 is 29.4 Å². The lowest BCUT2D eigenvalue weighted by molar-refractivity contribution is -0.140. The Kier molecular flexibility index (Phi) is 4.20. The molecule has 1 aliphatic rings. The number of carbonyl (C=O) groups excluding carboxylic acids is 2. The van der Waals surface area contributed by atoms with E-state index in [0.29, 0.717) is 16.9 Å². The number of carbonyl (C=O) groups is 2. The summed E-state index contributed by atoms with van der Waals surface area (Å²) in [6, 6.07) is 5.97. The lowest BCUT2D eigenvalue weighted by Crippen LogP contribution is -2.54. The number of amides is 1. The number of Topliss-reactive ketones (excluding diaryl/α,β-unsaturated/α-hetero) is 1. The van der Waals surface area contributed by atoms with Gasteiger partial charge in [0, 0.05) is 12.0 Å². The van der Waals surface area contributed by atoms with E-state index in [1.807, 2.05) is 6.07 Å². The van der Waals surface area contributed by atoms with Crippen molar-refractivity contribution in [1.82, 2.24) is 5.32 Å². The fourth-order valence-electron chi connectivity index (χ4n) is 2.41. The molecule has 0 radical (unpaired) electrons. The van der Waals surface area contributed by atoms with E-state index in [4.69, 9.17) is 10.00 Å². The van der Waals surface area contributed by atoms with Crippen LogP contribution in [0.15, 0.2) is 18.2 Å². The number of benzene rings is 1. The highest BCUT2D eigenvalue weighted by Crippen LogP contribution is 2.40. The monoisotopic (exact) mass is 302 g/mol. The van der Waals surface area contributed by atoms with Gasteiger partial charge in [0.25, 0.3) is 5.91 Å². The molecule has 1 amide bonds. The molecule has 1 aliphatic heterocycles. The molecule has 2 rings (SSSR count). The van der Waals surface area contributed by atoms with Crippen molar-refractivity contribution in [3.8, 4) is 11.8 Å². The van der Waals surface area contributed by atoms with Crippen LogP contribution in [-0.2, 0) is 9.59 Å². The van der Waals surface area contributed by atoms with Crippen LogP contribution in [0.4, 0.5) is 0 Å². The summed E-state index contributed by atoms with van der Waals surface area (Å²) in [6.45, 7) is 4.98. The van der Waals surface area contributed by atoms with Crippen LogP contribution in [0.2, 0.25) is 0 Å². The van der Waals surface area contributed by atoms with Gasteiger partial charge in [-0.25, -0.2) is 0 Å². The van der Waals surface area contributed by atoms with Crippen LogP contribution in [0.1, 0.15) is 44.4 Å². The average molecular weight is 302 g/mol. The fraction of sp³-hybridized carbons (Fsp3) is 0.438. The molecule has 116 valence electrons. The number of nitrogens with one attached hydrogen (secondary N) is 1. The number of ether oxygens (including phenoxy) is 1. The Labute approximate surface area is 128 Å². The molecule has 2 N–H and O–H groups in total. The fourth-order valence-corrected chi connectivity index (χ4v) is 2.41. The van der Waals surface area contributed by atoms with E-state index in [9.17, 15) is 14.7 Å². The maximum absolute atomic E-state index is 11.9. The SMILES string of the molecule is CCC(=O)C(=O)N[C@H]1c2cc(C#N)ccc2OC(C)(C)[C@@H]1O. The molecule has 6 nitrogen and oxygen atoms in total. The molecule has 0 unspecified atom stereocenters. The maximum atomic E-state index is 11.9. The summed E-state index contributed by atoms with van der Waals surface area (Å²) in [5.74, 6) is -0.837. The minimum absolute atomic E-state index is 0.0830. The smallest absolute Gasteiger partial charge is 0.287 e. The standard InChI is InChI=1S/C16H18N2O4/c1-4-11(19)15(21)18-13-10-7-9(8-17)5-6-12(10)22-16(2,3)14(13)20/h5-7,13-14,20H,4H2,1-3H3,(H,18,21)/t13-,14+/m0/s1. The van der Waals surface area contributed by atoms with Gasteiger partial charge in [-0.3, -0.25) is 9.59 Å². The number of nitriles is 1. The number of ketones is 1. The summed E-state index contributed by atoms with van der Waals surface area (Å²) in [4.78, 5) is 23.4. The third kappa shape index (κ3) is 2.81. The highest BCUT2D eigenvalue weighted by molar-refractivity contribution is 6.36. The molecule has 0 aromatic heterocycles. The Morgan fingerprint density at radius 2 is 2.14 bits per heavy atom. The van der Waals surface area contributed by atoms with Crippen molar-refractivity contribution in [1.29, 1.82) is 5.26 Å². The molecule has 6 heteroatoms. The van der Waals surface area contributed by atoms with Crippen molar-refractivity contribution in [2.75, 3.05) is 0 Å². The van der Waals surface area contributed by atoms with Crippen LogP contribution >= 0.6 is 0 Å². The summed E-state index contributed by atoms with van der Waals surface area (Å²) in [5, 5.41) is 22.0. The van der Waals surface area contributed by atoms with E-state index in [1.54, 1.807) is 39.0 Å². The minimum Gasteiger partial charge on any atom is -0.485 e. The largest absolute Gasteiger partial charge is 0.485 e. The first-order valence-electron chi connectivity index (χ1n) is 7.05. The third-order valence-electron chi connectivity index (χ3n) is 3.74. The molecule has 0 saturated carbocycles. The zero-order valence-electron chi connectivity index (χ0n) is 12.7. The highest BCUT2D eigenvalue weighted by atomic mass is 16.5. The normalized spacial score (nSPS) is 22.0. The van der Waals surface area contributed by atoms with Crippen molar-refractivity contribution < 1.29 is 19.4 Å². The molecule has 1 heterocycles. The number of rotatable bonds is 3. The van der Waals surface area contributed by atoms with Crippen molar-refractivity contribution in [3.05, 3.63) is 29.3 Å². The van der Waals surface area contributed by atoms with Gasteiger partial charge in [-0.1, -0.05) is 6.92 Å². The average Bonchev–Trinajstić information content (AvgIpc) is 2.50. The topological polar surface area (TPSA) is 99.4 Å². The van der Waals surface area contributed by atoms with Gasteiger partial charge in [0.1, 0.15) is 17.5 Å². The van der Waals surface area contributed by atoms with Crippen LogP contribution in [0, 0.1) is 11.3 Å².